The van der Waals surface area contributed by atoms with Gasteiger partial charge in [0.2, 0.25) is 10.0 Å². The molecule has 0 spiro atoms. The van der Waals surface area contributed by atoms with Crippen LogP contribution in [-0.4, -0.2) is 42.7 Å². The molecular formula is C14H16N4O3S. The van der Waals surface area contributed by atoms with Crippen molar-refractivity contribution in [1.82, 2.24) is 14.3 Å². The average Bonchev–Trinajstić information content (AvgIpc) is 2.49. The van der Waals surface area contributed by atoms with Crippen LogP contribution in [-0.2, 0) is 10.0 Å². The topological polar surface area (TPSA) is 92.3 Å². The van der Waals surface area contributed by atoms with E-state index < -0.39 is 15.9 Å². The maximum absolute atomic E-state index is 12.3. The molecule has 2 rings (SSSR count). The number of benzene rings is 1. The fourth-order valence-electron chi connectivity index (χ4n) is 1.76. The lowest BCUT2D eigenvalue weighted by atomic mass is 10.2. The number of carbonyl (C=O) groups excluding carboxylic acids is 1. The molecule has 0 aliphatic rings. The molecule has 0 saturated heterocycles. The smallest absolute Gasteiger partial charge is 0.275 e. The van der Waals surface area contributed by atoms with E-state index in [1.54, 1.807) is 19.1 Å². The van der Waals surface area contributed by atoms with Crippen molar-refractivity contribution in [2.24, 2.45) is 0 Å². The molecule has 0 saturated carbocycles. The second kappa shape index (κ2) is 6.20. The van der Waals surface area contributed by atoms with E-state index in [-0.39, 0.29) is 10.6 Å². The first-order valence-corrected chi connectivity index (χ1v) is 7.87. The molecule has 1 aromatic carbocycles. The van der Waals surface area contributed by atoms with Crippen LogP contribution in [0.1, 0.15) is 16.1 Å². The van der Waals surface area contributed by atoms with Crippen LogP contribution >= 0.6 is 0 Å². The Morgan fingerprint density at radius 1 is 1.23 bits per heavy atom. The zero-order valence-electron chi connectivity index (χ0n) is 12.4. The molecule has 0 aliphatic carbocycles. The van der Waals surface area contributed by atoms with Gasteiger partial charge >= 0.3 is 0 Å². The molecule has 116 valence electrons. The summed E-state index contributed by atoms with van der Waals surface area (Å²) >= 11 is 0. The number of hydrogen-bond donors (Lipinski definition) is 1. The first-order valence-electron chi connectivity index (χ1n) is 6.43. The Kier molecular flexibility index (Phi) is 4.53. The van der Waals surface area contributed by atoms with Crippen LogP contribution in [0.3, 0.4) is 0 Å². The van der Waals surface area contributed by atoms with Gasteiger partial charge in [-0.3, -0.25) is 9.78 Å². The Hall–Kier alpha value is -2.32. The number of aromatic nitrogens is 2. The van der Waals surface area contributed by atoms with E-state index in [0.29, 0.717) is 11.3 Å². The highest BCUT2D eigenvalue weighted by Crippen LogP contribution is 2.22. The summed E-state index contributed by atoms with van der Waals surface area (Å²) in [6.07, 6.45) is 4.21. The first kappa shape index (κ1) is 16.1. The van der Waals surface area contributed by atoms with Crippen molar-refractivity contribution < 1.29 is 13.2 Å². The van der Waals surface area contributed by atoms with E-state index in [2.05, 4.69) is 15.3 Å². The highest BCUT2D eigenvalue weighted by molar-refractivity contribution is 7.89. The highest BCUT2D eigenvalue weighted by atomic mass is 32.2. The summed E-state index contributed by atoms with van der Waals surface area (Å²) in [5, 5.41) is 2.61. The number of sulfonamides is 1. The van der Waals surface area contributed by atoms with Crippen LogP contribution in [0, 0.1) is 6.92 Å². The number of nitrogens with zero attached hydrogens (tertiary/aromatic N) is 3. The van der Waals surface area contributed by atoms with E-state index in [0.717, 1.165) is 4.31 Å². The molecule has 1 N–H and O–H groups in total. The molecule has 1 amide bonds. The van der Waals surface area contributed by atoms with Gasteiger partial charge in [0.15, 0.2) is 0 Å². The maximum atomic E-state index is 12.3. The van der Waals surface area contributed by atoms with Crippen molar-refractivity contribution in [1.29, 1.82) is 0 Å². The summed E-state index contributed by atoms with van der Waals surface area (Å²) < 4.78 is 25.6. The Balaban J connectivity index is 2.33. The minimum absolute atomic E-state index is 0.148. The molecule has 0 aliphatic heterocycles. The SMILES string of the molecule is Cc1ccc(NC(=O)c2cnccn2)cc1S(=O)(=O)N(C)C. The summed E-state index contributed by atoms with van der Waals surface area (Å²) in [6, 6.07) is 4.71. The zero-order valence-corrected chi connectivity index (χ0v) is 13.3. The monoisotopic (exact) mass is 320 g/mol. The Morgan fingerprint density at radius 2 is 1.95 bits per heavy atom. The van der Waals surface area contributed by atoms with E-state index >= 15 is 0 Å². The number of hydrogen-bond acceptors (Lipinski definition) is 5. The van der Waals surface area contributed by atoms with Gasteiger partial charge in [-0.2, -0.15) is 0 Å². The number of rotatable bonds is 4. The number of carbonyl (C=O) groups is 1. The normalized spacial score (nSPS) is 11.5. The molecule has 8 heteroatoms. The Bertz CT molecular complexity index is 789. The molecular weight excluding hydrogens is 304 g/mol. The number of amides is 1. The first-order chi connectivity index (χ1) is 10.3. The van der Waals surface area contributed by atoms with Gasteiger partial charge < -0.3 is 5.32 Å². The molecule has 1 heterocycles. The van der Waals surface area contributed by atoms with Gasteiger partial charge in [0.05, 0.1) is 11.1 Å². The van der Waals surface area contributed by atoms with Crippen molar-refractivity contribution >= 4 is 21.6 Å². The van der Waals surface area contributed by atoms with Crippen molar-refractivity contribution in [2.45, 2.75) is 11.8 Å². The van der Waals surface area contributed by atoms with Crippen molar-refractivity contribution in [3.05, 3.63) is 48.0 Å². The third-order valence-electron chi connectivity index (χ3n) is 3.00. The largest absolute Gasteiger partial charge is 0.321 e. The standard InChI is InChI=1S/C14H16N4O3S/c1-10-4-5-11(8-13(10)22(20,21)18(2)3)17-14(19)12-9-15-6-7-16-12/h4-9H,1-3H3,(H,17,19). The summed E-state index contributed by atoms with van der Waals surface area (Å²) in [5.74, 6) is -0.454. The minimum atomic E-state index is -3.58. The second-order valence-electron chi connectivity index (χ2n) is 4.81. The van der Waals surface area contributed by atoms with E-state index in [4.69, 9.17) is 0 Å². The van der Waals surface area contributed by atoms with Gasteiger partial charge in [0.25, 0.3) is 5.91 Å². The number of anilines is 1. The van der Waals surface area contributed by atoms with Crippen LogP contribution in [0.4, 0.5) is 5.69 Å². The highest BCUT2D eigenvalue weighted by Gasteiger charge is 2.20. The zero-order chi connectivity index (χ0) is 16.3. The van der Waals surface area contributed by atoms with Gasteiger partial charge in [-0.1, -0.05) is 6.07 Å². The van der Waals surface area contributed by atoms with Crippen LogP contribution in [0.5, 0.6) is 0 Å². The second-order valence-corrected chi connectivity index (χ2v) is 6.93. The lowest BCUT2D eigenvalue weighted by Crippen LogP contribution is -2.23. The molecule has 0 unspecified atom stereocenters. The van der Waals surface area contributed by atoms with Crippen LogP contribution < -0.4 is 5.32 Å². The van der Waals surface area contributed by atoms with E-state index in [1.807, 2.05) is 0 Å². The van der Waals surface area contributed by atoms with Gasteiger partial charge in [-0.05, 0) is 24.6 Å². The molecule has 0 radical (unpaired) electrons. The summed E-state index contributed by atoms with van der Waals surface area (Å²) in [5.41, 5.74) is 1.13. The fourth-order valence-corrected chi connectivity index (χ4v) is 2.91. The summed E-state index contributed by atoms with van der Waals surface area (Å²) in [7, 11) is -0.661. The van der Waals surface area contributed by atoms with Crippen molar-refractivity contribution in [3.8, 4) is 0 Å². The van der Waals surface area contributed by atoms with Gasteiger partial charge in [-0.15, -0.1) is 0 Å². The molecule has 2 aromatic rings. The Labute approximate surface area is 129 Å². The quantitative estimate of drug-likeness (QED) is 0.916. The molecule has 0 atom stereocenters. The van der Waals surface area contributed by atoms with Crippen molar-refractivity contribution in [3.63, 3.8) is 0 Å². The predicted molar refractivity (Wildman–Crippen MR) is 82.0 cm³/mol. The summed E-state index contributed by atoms with van der Waals surface area (Å²) in [4.78, 5) is 19.9. The summed E-state index contributed by atoms with van der Waals surface area (Å²) in [6.45, 7) is 1.70. The molecule has 1 aromatic heterocycles. The fraction of sp³-hybridized carbons (Fsp3) is 0.214. The van der Waals surface area contributed by atoms with Crippen molar-refractivity contribution in [2.75, 3.05) is 19.4 Å². The van der Waals surface area contributed by atoms with E-state index in [1.165, 1.54) is 38.8 Å². The van der Waals surface area contributed by atoms with E-state index in [9.17, 15) is 13.2 Å². The van der Waals surface area contributed by atoms with Crippen LogP contribution in [0.25, 0.3) is 0 Å². The van der Waals surface area contributed by atoms with Crippen LogP contribution in [0.2, 0.25) is 0 Å². The minimum Gasteiger partial charge on any atom is -0.321 e. The maximum Gasteiger partial charge on any atom is 0.275 e. The van der Waals surface area contributed by atoms with Crippen LogP contribution in [0.15, 0.2) is 41.7 Å². The van der Waals surface area contributed by atoms with Gasteiger partial charge in [-0.25, -0.2) is 17.7 Å². The van der Waals surface area contributed by atoms with Gasteiger partial charge in [0.1, 0.15) is 5.69 Å². The predicted octanol–water partition coefficient (Wildman–Crippen LogP) is 1.29. The third-order valence-corrected chi connectivity index (χ3v) is 4.96. The molecule has 22 heavy (non-hydrogen) atoms. The molecule has 0 bridgehead atoms. The molecule has 0 fully saturated rings. The average molecular weight is 320 g/mol. The third kappa shape index (κ3) is 3.29. The van der Waals surface area contributed by atoms with Gasteiger partial charge in [0, 0.05) is 32.2 Å². The number of aryl methyl sites for hydroxylation is 1. The Morgan fingerprint density at radius 3 is 2.55 bits per heavy atom. The molecule has 7 nitrogen and oxygen atoms in total. The lowest BCUT2D eigenvalue weighted by molar-refractivity contribution is 0.102. The lowest BCUT2D eigenvalue weighted by Gasteiger charge is -2.15. The number of nitrogens with one attached hydrogen (secondary N) is 1.